The Hall–Kier alpha value is -3.39. The number of ether oxygens (including phenoxy) is 2. The van der Waals surface area contributed by atoms with Crippen LogP contribution in [0.25, 0.3) is 11.4 Å². The van der Waals surface area contributed by atoms with Crippen LogP contribution in [0.2, 0.25) is 0 Å². The van der Waals surface area contributed by atoms with Crippen molar-refractivity contribution in [3.05, 3.63) is 65.5 Å². The molecule has 1 fully saturated rings. The first-order chi connectivity index (χ1) is 16.2. The number of hydrogen-bond acceptors (Lipinski definition) is 5. The molecule has 1 aromatic heterocycles. The molecule has 2 atom stereocenters. The summed E-state index contributed by atoms with van der Waals surface area (Å²) in [6.45, 7) is 4.19. The summed E-state index contributed by atoms with van der Waals surface area (Å²) in [7, 11) is 3.42. The second-order valence-electron chi connectivity index (χ2n) is 8.25. The third-order valence-corrected chi connectivity index (χ3v) is 5.91. The lowest BCUT2D eigenvalue weighted by molar-refractivity contribution is -0.0265. The van der Waals surface area contributed by atoms with Crippen LogP contribution >= 0.6 is 0 Å². The predicted molar refractivity (Wildman–Crippen MR) is 129 cm³/mol. The lowest BCUT2D eigenvalue weighted by atomic mass is 9.89. The van der Waals surface area contributed by atoms with Gasteiger partial charge in [-0.2, -0.15) is 5.10 Å². The summed E-state index contributed by atoms with van der Waals surface area (Å²) in [5.74, 6) is 3.30. The van der Waals surface area contributed by atoms with E-state index in [-0.39, 0.29) is 6.10 Å². The third kappa shape index (κ3) is 5.90. The second-order valence-corrected chi connectivity index (χ2v) is 8.25. The monoisotopic (exact) mass is 448 g/mol. The van der Waals surface area contributed by atoms with Gasteiger partial charge in [-0.3, -0.25) is 10.1 Å². The SMILES string of the molecule is CN=C(NCc1nc(-c2ccc(OC)cc2)n[nH]1)NCC1CCCOC1c1ccc(C)cc1. The molecule has 33 heavy (non-hydrogen) atoms. The first-order valence-corrected chi connectivity index (χ1v) is 11.3. The summed E-state index contributed by atoms with van der Waals surface area (Å²) >= 11 is 0. The Morgan fingerprint density at radius 3 is 2.67 bits per heavy atom. The van der Waals surface area contributed by atoms with Crippen LogP contribution in [0.5, 0.6) is 5.75 Å². The number of aromatic amines is 1. The zero-order chi connectivity index (χ0) is 23.0. The summed E-state index contributed by atoms with van der Waals surface area (Å²) in [5, 5.41) is 14.1. The number of methoxy groups -OCH3 is 1. The zero-order valence-corrected chi connectivity index (χ0v) is 19.5. The topological polar surface area (TPSA) is 96.5 Å². The van der Waals surface area contributed by atoms with Gasteiger partial charge in [0, 0.05) is 31.7 Å². The van der Waals surface area contributed by atoms with E-state index in [2.05, 4.69) is 62.0 Å². The highest BCUT2D eigenvalue weighted by Crippen LogP contribution is 2.33. The molecule has 8 nitrogen and oxygen atoms in total. The van der Waals surface area contributed by atoms with Gasteiger partial charge in [-0.25, -0.2) is 4.98 Å². The van der Waals surface area contributed by atoms with Crippen LogP contribution in [0.15, 0.2) is 53.5 Å². The minimum atomic E-state index is 0.103. The largest absolute Gasteiger partial charge is 0.497 e. The average Bonchev–Trinajstić information content (AvgIpc) is 3.34. The first kappa shape index (κ1) is 22.8. The van der Waals surface area contributed by atoms with Crippen molar-refractivity contribution in [3.8, 4) is 17.1 Å². The van der Waals surface area contributed by atoms with Crippen molar-refractivity contribution in [2.45, 2.75) is 32.4 Å². The molecule has 1 saturated heterocycles. The quantitative estimate of drug-likeness (QED) is 0.377. The van der Waals surface area contributed by atoms with Crippen molar-refractivity contribution in [2.75, 3.05) is 27.3 Å². The maximum Gasteiger partial charge on any atom is 0.191 e. The number of hydrogen-bond donors (Lipinski definition) is 3. The Labute approximate surface area is 194 Å². The van der Waals surface area contributed by atoms with Crippen LogP contribution in [0.4, 0.5) is 0 Å². The van der Waals surface area contributed by atoms with Crippen molar-refractivity contribution < 1.29 is 9.47 Å². The smallest absolute Gasteiger partial charge is 0.191 e. The number of H-pyrrole nitrogens is 1. The highest BCUT2D eigenvalue weighted by atomic mass is 16.5. The molecule has 0 bridgehead atoms. The minimum Gasteiger partial charge on any atom is -0.497 e. The summed E-state index contributed by atoms with van der Waals surface area (Å²) < 4.78 is 11.3. The van der Waals surface area contributed by atoms with Crippen LogP contribution in [-0.2, 0) is 11.3 Å². The van der Waals surface area contributed by atoms with Gasteiger partial charge in [0.25, 0.3) is 0 Å². The number of benzene rings is 2. The molecular formula is C25H32N6O2. The molecule has 3 aromatic rings. The van der Waals surface area contributed by atoms with Crippen molar-refractivity contribution in [3.63, 3.8) is 0 Å². The maximum absolute atomic E-state index is 6.14. The fourth-order valence-corrected chi connectivity index (χ4v) is 4.04. The van der Waals surface area contributed by atoms with Crippen molar-refractivity contribution >= 4 is 5.96 Å². The van der Waals surface area contributed by atoms with E-state index in [1.165, 1.54) is 11.1 Å². The van der Waals surface area contributed by atoms with Crippen LogP contribution in [-0.4, -0.2) is 48.5 Å². The lowest BCUT2D eigenvalue weighted by Gasteiger charge is -2.32. The molecule has 0 radical (unpaired) electrons. The van der Waals surface area contributed by atoms with Crippen molar-refractivity contribution in [1.82, 2.24) is 25.8 Å². The number of aryl methyl sites for hydroxylation is 1. The van der Waals surface area contributed by atoms with Gasteiger partial charge in [0.1, 0.15) is 11.6 Å². The number of nitrogens with one attached hydrogen (secondary N) is 3. The molecule has 1 aliphatic heterocycles. The fraction of sp³-hybridized carbons (Fsp3) is 0.400. The van der Waals surface area contributed by atoms with Crippen LogP contribution < -0.4 is 15.4 Å². The Bertz CT molecular complexity index is 1050. The Kier molecular flexibility index (Phi) is 7.57. The van der Waals surface area contributed by atoms with Crippen molar-refractivity contribution in [2.24, 2.45) is 10.9 Å². The minimum absolute atomic E-state index is 0.103. The molecule has 0 aliphatic carbocycles. The molecule has 0 spiro atoms. The van der Waals surface area contributed by atoms with E-state index < -0.39 is 0 Å². The normalized spacial score (nSPS) is 18.7. The van der Waals surface area contributed by atoms with E-state index in [4.69, 9.17) is 9.47 Å². The molecular weight excluding hydrogens is 416 g/mol. The summed E-state index contributed by atoms with van der Waals surface area (Å²) in [6, 6.07) is 16.3. The van der Waals surface area contributed by atoms with E-state index in [1.54, 1.807) is 14.2 Å². The van der Waals surface area contributed by atoms with Gasteiger partial charge in [0.2, 0.25) is 0 Å². The molecule has 0 amide bonds. The van der Waals surface area contributed by atoms with Gasteiger partial charge in [-0.05, 0) is 49.6 Å². The van der Waals surface area contributed by atoms with Gasteiger partial charge in [-0.1, -0.05) is 29.8 Å². The Morgan fingerprint density at radius 2 is 1.94 bits per heavy atom. The lowest BCUT2D eigenvalue weighted by Crippen LogP contribution is -2.41. The van der Waals surface area contributed by atoms with Gasteiger partial charge < -0.3 is 20.1 Å². The van der Waals surface area contributed by atoms with Gasteiger partial charge >= 0.3 is 0 Å². The maximum atomic E-state index is 6.14. The van der Waals surface area contributed by atoms with E-state index in [9.17, 15) is 0 Å². The standard InChI is InChI=1S/C25H32N6O2/c1-17-6-8-18(9-7-17)23-20(5-4-14-33-23)15-27-25(26-2)28-16-22-29-24(31-30-22)19-10-12-21(32-3)13-11-19/h6-13,20,23H,4-5,14-16H2,1-3H3,(H2,26,27,28)(H,29,30,31). The molecule has 2 unspecified atom stereocenters. The molecule has 2 heterocycles. The number of guanidine groups is 1. The van der Waals surface area contributed by atoms with Crippen molar-refractivity contribution in [1.29, 1.82) is 0 Å². The molecule has 4 rings (SSSR count). The van der Waals surface area contributed by atoms with E-state index >= 15 is 0 Å². The van der Waals surface area contributed by atoms with Gasteiger partial charge in [0.05, 0.1) is 19.8 Å². The summed E-state index contributed by atoms with van der Waals surface area (Å²) in [5.41, 5.74) is 3.43. The molecule has 174 valence electrons. The van der Waals surface area contributed by atoms with Gasteiger partial charge in [0.15, 0.2) is 11.8 Å². The van der Waals surface area contributed by atoms with Crippen LogP contribution in [0.3, 0.4) is 0 Å². The molecule has 3 N–H and O–H groups in total. The van der Waals surface area contributed by atoms with E-state index in [1.807, 2.05) is 24.3 Å². The fourth-order valence-electron chi connectivity index (χ4n) is 4.04. The molecule has 8 heteroatoms. The van der Waals surface area contributed by atoms with E-state index in [0.29, 0.717) is 18.3 Å². The highest BCUT2D eigenvalue weighted by molar-refractivity contribution is 5.79. The Balaban J connectivity index is 1.31. The molecule has 1 aliphatic rings. The van der Waals surface area contributed by atoms with Crippen LogP contribution in [0.1, 0.15) is 35.9 Å². The number of rotatable bonds is 7. The Morgan fingerprint density at radius 1 is 1.15 bits per heavy atom. The second kappa shape index (κ2) is 11.0. The summed E-state index contributed by atoms with van der Waals surface area (Å²) in [4.78, 5) is 8.94. The molecule has 0 saturated carbocycles. The summed E-state index contributed by atoms with van der Waals surface area (Å²) in [6.07, 6.45) is 2.30. The van der Waals surface area contributed by atoms with E-state index in [0.717, 1.165) is 49.1 Å². The average molecular weight is 449 g/mol. The number of aromatic nitrogens is 3. The highest BCUT2D eigenvalue weighted by Gasteiger charge is 2.27. The molecule has 2 aromatic carbocycles. The van der Waals surface area contributed by atoms with Crippen LogP contribution in [0, 0.1) is 12.8 Å². The van der Waals surface area contributed by atoms with Gasteiger partial charge in [-0.15, -0.1) is 0 Å². The predicted octanol–water partition coefficient (Wildman–Crippen LogP) is 3.62. The first-order valence-electron chi connectivity index (χ1n) is 11.3. The zero-order valence-electron chi connectivity index (χ0n) is 19.5. The third-order valence-electron chi connectivity index (χ3n) is 5.91. The number of aliphatic imine (C=N–C) groups is 1. The number of nitrogens with zero attached hydrogens (tertiary/aromatic N) is 3.